The Hall–Kier alpha value is -1.60. The van der Waals surface area contributed by atoms with Crippen LogP contribution in [0.25, 0.3) is 0 Å². The second-order valence-electron chi connectivity index (χ2n) is 5.68. The second-order valence-corrected chi connectivity index (χ2v) is 8.04. The molecule has 128 valence electrons. The van der Waals surface area contributed by atoms with Gasteiger partial charge in [-0.25, -0.2) is 8.42 Å². The molecule has 0 bridgehead atoms. The van der Waals surface area contributed by atoms with E-state index in [1.165, 1.54) is 6.92 Å². The van der Waals surface area contributed by atoms with Gasteiger partial charge in [-0.15, -0.1) is 0 Å². The number of rotatable bonds is 7. The van der Waals surface area contributed by atoms with Crippen molar-refractivity contribution in [3.63, 3.8) is 0 Å². The normalized spacial score (nSPS) is 19.3. The van der Waals surface area contributed by atoms with Crippen molar-refractivity contribution in [1.82, 2.24) is 5.32 Å². The van der Waals surface area contributed by atoms with E-state index in [1.807, 2.05) is 12.1 Å². The molecule has 0 radical (unpaired) electrons. The van der Waals surface area contributed by atoms with Gasteiger partial charge in [-0.2, -0.15) is 0 Å². The molecule has 1 aliphatic heterocycles. The van der Waals surface area contributed by atoms with E-state index in [1.54, 1.807) is 19.2 Å². The summed E-state index contributed by atoms with van der Waals surface area (Å²) in [5.41, 5.74) is 0.849. The summed E-state index contributed by atoms with van der Waals surface area (Å²) in [6, 6.07) is 7.26. The van der Waals surface area contributed by atoms with Crippen molar-refractivity contribution >= 4 is 15.7 Å². The van der Waals surface area contributed by atoms with Crippen molar-refractivity contribution in [1.29, 1.82) is 0 Å². The van der Waals surface area contributed by atoms with Crippen molar-refractivity contribution in [3.8, 4) is 5.75 Å². The van der Waals surface area contributed by atoms with Gasteiger partial charge < -0.3 is 14.8 Å². The molecule has 0 aromatic heterocycles. The molecule has 1 aliphatic rings. The Morgan fingerprint density at radius 3 is 2.91 bits per heavy atom. The number of sulfone groups is 1. The zero-order valence-corrected chi connectivity index (χ0v) is 14.3. The van der Waals surface area contributed by atoms with Crippen molar-refractivity contribution in [3.05, 3.63) is 29.8 Å². The van der Waals surface area contributed by atoms with Crippen LogP contribution < -0.4 is 10.1 Å². The average molecular weight is 341 g/mol. The van der Waals surface area contributed by atoms with E-state index in [2.05, 4.69) is 5.32 Å². The quantitative estimate of drug-likeness (QED) is 0.808. The molecule has 1 aromatic rings. The highest BCUT2D eigenvalue weighted by Crippen LogP contribution is 2.17. The molecule has 6 nitrogen and oxygen atoms in total. The van der Waals surface area contributed by atoms with Gasteiger partial charge >= 0.3 is 0 Å². The molecule has 7 heteroatoms. The van der Waals surface area contributed by atoms with Gasteiger partial charge in [0.2, 0.25) is 5.91 Å². The summed E-state index contributed by atoms with van der Waals surface area (Å²) in [6.45, 7) is 2.28. The van der Waals surface area contributed by atoms with E-state index >= 15 is 0 Å². The van der Waals surface area contributed by atoms with Crippen molar-refractivity contribution < 1.29 is 22.7 Å². The Kier molecular flexibility index (Phi) is 6.01. The number of nitrogens with one attached hydrogen (secondary N) is 1. The van der Waals surface area contributed by atoms with E-state index in [9.17, 15) is 13.2 Å². The molecule has 2 rings (SSSR count). The van der Waals surface area contributed by atoms with Gasteiger partial charge in [0.05, 0.1) is 19.0 Å². The molecule has 1 saturated heterocycles. The first-order valence-electron chi connectivity index (χ1n) is 7.66. The van der Waals surface area contributed by atoms with E-state index in [4.69, 9.17) is 9.47 Å². The highest BCUT2D eigenvalue weighted by atomic mass is 32.2. The summed E-state index contributed by atoms with van der Waals surface area (Å²) in [5, 5.41) is 1.58. The molecular formula is C16H23NO5S. The van der Waals surface area contributed by atoms with Gasteiger partial charge in [0.1, 0.15) is 11.0 Å². The first kappa shape index (κ1) is 17.7. The van der Waals surface area contributed by atoms with Crippen LogP contribution in [-0.4, -0.2) is 45.1 Å². The number of hydrogen-bond acceptors (Lipinski definition) is 5. The fourth-order valence-corrected chi connectivity index (χ4v) is 3.94. The Bertz CT molecular complexity index is 638. The highest BCUT2D eigenvalue weighted by molar-refractivity contribution is 7.92. The van der Waals surface area contributed by atoms with Crippen LogP contribution in [0.2, 0.25) is 0 Å². The fraction of sp³-hybridized carbons (Fsp3) is 0.562. The Morgan fingerprint density at radius 2 is 2.26 bits per heavy atom. The zero-order chi connectivity index (χ0) is 16.9. The predicted molar refractivity (Wildman–Crippen MR) is 87.1 cm³/mol. The second kappa shape index (κ2) is 7.79. The summed E-state index contributed by atoms with van der Waals surface area (Å²) in [6.07, 6.45) is 1.32. The molecule has 0 spiro atoms. The van der Waals surface area contributed by atoms with E-state index < -0.39 is 21.0 Å². The fourth-order valence-electron chi connectivity index (χ4n) is 2.46. The van der Waals surface area contributed by atoms with Crippen LogP contribution in [0.1, 0.15) is 25.3 Å². The van der Waals surface area contributed by atoms with Crippen molar-refractivity contribution in [2.24, 2.45) is 0 Å². The first-order valence-corrected chi connectivity index (χ1v) is 9.38. The molecule has 2 atom stereocenters. The summed E-state index contributed by atoms with van der Waals surface area (Å²) < 4.78 is 35.0. The monoisotopic (exact) mass is 341 g/mol. The Morgan fingerprint density at radius 1 is 1.48 bits per heavy atom. The molecule has 1 fully saturated rings. The third-order valence-electron chi connectivity index (χ3n) is 3.95. The molecular weight excluding hydrogens is 318 g/mol. The van der Waals surface area contributed by atoms with E-state index in [-0.39, 0.29) is 18.4 Å². The largest absolute Gasteiger partial charge is 0.497 e. The van der Waals surface area contributed by atoms with E-state index in [0.717, 1.165) is 18.4 Å². The molecule has 0 unspecified atom stereocenters. The molecule has 1 aromatic carbocycles. The third-order valence-corrected chi connectivity index (χ3v) is 6.08. The molecule has 1 N–H and O–H groups in total. The minimum absolute atomic E-state index is 0.0965. The topological polar surface area (TPSA) is 81.7 Å². The number of hydrogen-bond donors (Lipinski definition) is 1. The van der Waals surface area contributed by atoms with Gasteiger partial charge in [0, 0.05) is 13.2 Å². The maximum Gasteiger partial charge on any atom is 0.238 e. The predicted octanol–water partition coefficient (Wildman–Crippen LogP) is 1.29. The van der Waals surface area contributed by atoms with Gasteiger partial charge in [0.15, 0.2) is 9.84 Å². The summed E-state index contributed by atoms with van der Waals surface area (Å²) >= 11 is 0. The number of ether oxygens (including phenoxy) is 2. The maximum absolute atomic E-state index is 12.3. The van der Waals surface area contributed by atoms with Gasteiger partial charge in [-0.1, -0.05) is 12.1 Å². The van der Waals surface area contributed by atoms with E-state index in [0.29, 0.717) is 12.4 Å². The maximum atomic E-state index is 12.3. The number of carbonyl (C=O) groups is 1. The number of benzene rings is 1. The zero-order valence-electron chi connectivity index (χ0n) is 13.4. The third kappa shape index (κ3) is 4.94. The van der Waals surface area contributed by atoms with Gasteiger partial charge in [-0.05, 0) is 37.5 Å². The van der Waals surface area contributed by atoms with Crippen LogP contribution in [-0.2, 0) is 25.9 Å². The van der Waals surface area contributed by atoms with Crippen molar-refractivity contribution in [2.75, 3.05) is 19.5 Å². The molecule has 0 saturated carbocycles. The summed E-state index contributed by atoms with van der Waals surface area (Å²) in [5.74, 6) is 0.0995. The molecule has 0 aliphatic carbocycles. The Labute approximate surface area is 137 Å². The number of methoxy groups -OCH3 is 1. The van der Waals surface area contributed by atoms with Crippen LogP contribution in [0, 0.1) is 0 Å². The number of carbonyl (C=O) groups excluding carboxylic acids is 1. The lowest BCUT2D eigenvalue weighted by molar-refractivity contribution is -0.120. The lowest BCUT2D eigenvalue weighted by atomic mass is 10.2. The van der Waals surface area contributed by atoms with Crippen LogP contribution >= 0.6 is 0 Å². The smallest absolute Gasteiger partial charge is 0.238 e. The van der Waals surface area contributed by atoms with Gasteiger partial charge in [-0.3, -0.25) is 4.79 Å². The minimum atomic E-state index is -3.52. The van der Waals surface area contributed by atoms with Crippen LogP contribution in [0.3, 0.4) is 0 Å². The van der Waals surface area contributed by atoms with Crippen LogP contribution in [0.15, 0.2) is 24.3 Å². The average Bonchev–Trinajstić information content (AvgIpc) is 3.04. The molecule has 1 amide bonds. The highest BCUT2D eigenvalue weighted by Gasteiger charge is 2.32. The number of amides is 1. The van der Waals surface area contributed by atoms with Crippen LogP contribution in [0.4, 0.5) is 0 Å². The summed E-state index contributed by atoms with van der Waals surface area (Å²) in [7, 11) is -1.95. The minimum Gasteiger partial charge on any atom is -0.497 e. The van der Waals surface area contributed by atoms with Crippen LogP contribution in [0.5, 0.6) is 5.75 Å². The first-order chi connectivity index (χ1) is 10.9. The Balaban J connectivity index is 1.90. The lowest BCUT2D eigenvalue weighted by Gasteiger charge is -2.16. The molecule has 23 heavy (non-hydrogen) atoms. The lowest BCUT2D eigenvalue weighted by Crippen LogP contribution is -2.40. The SMILES string of the molecule is COc1cccc(CNC(=O)[C@@H](C)S(=O)(=O)C[C@H]2CCCO2)c1. The van der Waals surface area contributed by atoms with Gasteiger partial charge in [0.25, 0.3) is 0 Å². The van der Waals surface area contributed by atoms with Crippen molar-refractivity contribution in [2.45, 2.75) is 37.7 Å². The molecule has 1 heterocycles. The summed E-state index contributed by atoms with van der Waals surface area (Å²) in [4.78, 5) is 12.1. The standard InChI is InChI=1S/C16H23NO5S/c1-12(23(19,20)11-15-7-4-8-22-15)16(18)17-10-13-5-3-6-14(9-13)21-2/h3,5-6,9,12,15H,4,7-8,10-11H2,1-2H3,(H,17,18)/t12-,15-/m1/s1.